The van der Waals surface area contributed by atoms with Crippen molar-refractivity contribution in [3.05, 3.63) is 23.8 Å². The fraction of sp³-hybridized carbons (Fsp3) is 0. The molecule has 0 fully saturated rings. The highest BCUT2D eigenvalue weighted by Gasteiger charge is 2.07. The summed E-state index contributed by atoms with van der Waals surface area (Å²) in [6, 6.07) is 3.17. The maximum atomic E-state index is 10.6. The van der Waals surface area contributed by atoms with Crippen LogP contribution in [0.1, 0.15) is 10.4 Å². The Bertz CT molecular complexity index is 389. The van der Waals surface area contributed by atoms with Gasteiger partial charge in [-0.1, -0.05) is 0 Å². The van der Waals surface area contributed by atoms with E-state index in [0.29, 0.717) is 0 Å². The lowest BCUT2D eigenvalue weighted by Gasteiger charge is -2.06. The van der Waals surface area contributed by atoms with E-state index in [1.54, 1.807) is 0 Å². The molecule has 6 heteroatoms. The number of benzene rings is 1. The van der Waals surface area contributed by atoms with E-state index in [2.05, 4.69) is 5.32 Å². The number of carbonyl (C=O) groups is 2. The minimum atomic E-state index is -1.10. The Kier molecular flexibility index (Phi) is 2.57. The molecule has 0 heterocycles. The summed E-state index contributed by atoms with van der Waals surface area (Å²) < 4.78 is 0. The average molecular weight is 195 g/mol. The molecule has 74 valence electrons. The molecule has 1 aromatic carbocycles. The monoisotopic (exact) mass is 195 g/mol. The van der Waals surface area contributed by atoms with E-state index >= 15 is 0 Å². The van der Waals surface area contributed by atoms with Crippen LogP contribution in [0.2, 0.25) is 0 Å². The lowest BCUT2D eigenvalue weighted by molar-refractivity contribution is 0.0697. The third-order valence-corrected chi connectivity index (χ3v) is 1.56. The maximum Gasteiger partial charge on any atom is 0.335 e. The van der Waals surface area contributed by atoms with Gasteiger partial charge in [0.1, 0.15) is 0 Å². The van der Waals surface area contributed by atoms with Gasteiger partial charge in [-0.25, -0.2) is 9.59 Å². The minimum Gasteiger partial charge on any atom is -0.478 e. The second kappa shape index (κ2) is 3.65. The zero-order valence-corrected chi connectivity index (χ0v) is 7.15. The summed E-state index contributed by atoms with van der Waals surface area (Å²) >= 11 is 0. The lowest BCUT2D eigenvalue weighted by Crippen LogP contribution is -2.20. The predicted octanol–water partition coefficient (Wildman–Crippen LogP) is 0.458. The molecule has 6 N–H and O–H groups in total. The highest BCUT2D eigenvalue weighted by atomic mass is 16.4. The summed E-state index contributed by atoms with van der Waals surface area (Å²) in [6.07, 6.45) is 0. The van der Waals surface area contributed by atoms with Gasteiger partial charge < -0.3 is 21.9 Å². The number of nitrogen functional groups attached to an aromatic ring is 1. The molecule has 0 aromatic heterocycles. The number of primary amides is 1. The summed E-state index contributed by atoms with van der Waals surface area (Å²) in [6.45, 7) is 0. The molecule has 0 atom stereocenters. The fourth-order valence-corrected chi connectivity index (χ4v) is 0.930. The van der Waals surface area contributed by atoms with Crippen LogP contribution in [0, 0.1) is 0 Å². The third-order valence-electron chi connectivity index (χ3n) is 1.56. The van der Waals surface area contributed by atoms with Crippen molar-refractivity contribution >= 4 is 23.4 Å². The molecule has 0 radical (unpaired) electrons. The number of nitrogens with two attached hydrogens (primary N) is 2. The zero-order chi connectivity index (χ0) is 10.7. The normalized spacial score (nSPS) is 9.43. The van der Waals surface area contributed by atoms with Crippen molar-refractivity contribution in [2.45, 2.75) is 0 Å². The quantitative estimate of drug-likeness (QED) is 0.512. The van der Waals surface area contributed by atoms with Crippen molar-refractivity contribution in [3.8, 4) is 0 Å². The number of hydrogen-bond acceptors (Lipinski definition) is 3. The summed E-state index contributed by atoms with van der Waals surface area (Å²) in [5.41, 5.74) is 10.8. The van der Waals surface area contributed by atoms with Crippen LogP contribution >= 0.6 is 0 Å². The Morgan fingerprint density at radius 3 is 2.50 bits per heavy atom. The maximum absolute atomic E-state index is 10.6. The molecule has 14 heavy (non-hydrogen) atoms. The highest BCUT2D eigenvalue weighted by molar-refractivity contribution is 5.95. The second-order valence-corrected chi connectivity index (χ2v) is 2.60. The molecule has 0 unspecified atom stereocenters. The van der Waals surface area contributed by atoms with E-state index in [1.807, 2.05) is 0 Å². The summed E-state index contributed by atoms with van der Waals surface area (Å²) in [7, 11) is 0. The molecule has 1 aromatic rings. The largest absolute Gasteiger partial charge is 0.478 e. The predicted molar refractivity (Wildman–Crippen MR) is 51.0 cm³/mol. The van der Waals surface area contributed by atoms with Gasteiger partial charge in [0.25, 0.3) is 0 Å². The summed E-state index contributed by atoms with van der Waals surface area (Å²) in [5, 5.41) is 10.9. The van der Waals surface area contributed by atoms with Gasteiger partial charge in [-0.2, -0.15) is 0 Å². The van der Waals surface area contributed by atoms with Crippen molar-refractivity contribution in [1.82, 2.24) is 0 Å². The lowest BCUT2D eigenvalue weighted by atomic mass is 10.2. The van der Waals surface area contributed by atoms with Crippen molar-refractivity contribution < 1.29 is 14.7 Å². The number of amides is 2. The number of aromatic carboxylic acids is 1. The molecule has 2 amide bonds. The molecule has 1 rings (SSSR count). The van der Waals surface area contributed by atoms with Crippen molar-refractivity contribution in [1.29, 1.82) is 0 Å². The number of carboxylic acid groups (broad SMARTS) is 1. The van der Waals surface area contributed by atoms with E-state index in [4.69, 9.17) is 16.6 Å². The van der Waals surface area contributed by atoms with E-state index in [1.165, 1.54) is 18.2 Å². The van der Waals surface area contributed by atoms with Crippen molar-refractivity contribution in [3.63, 3.8) is 0 Å². The first-order chi connectivity index (χ1) is 6.50. The Hall–Kier alpha value is -2.24. The van der Waals surface area contributed by atoms with Gasteiger partial charge in [0.2, 0.25) is 0 Å². The first-order valence-electron chi connectivity index (χ1n) is 3.70. The fourth-order valence-electron chi connectivity index (χ4n) is 0.930. The molecule has 6 nitrogen and oxygen atoms in total. The second-order valence-electron chi connectivity index (χ2n) is 2.60. The van der Waals surface area contributed by atoms with Gasteiger partial charge in [-0.05, 0) is 18.2 Å². The van der Waals surface area contributed by atoms with E-state index in [-0.39, 0.29) is 16.9 Å². The number of carboxylic acids is 1. The van der Waals surface area contributed by atoms with Gasteiger partial charge in [0, 0.05) is 0 Å². The van der Waals surface area contributed by atoms with E-state index in [0.717, 1.165) is 0 Å². The molecule has 0 bridgehead atoms. The molecule has 0 saturated carbocycles. The number of nitrogens with one attached hydrogen (secondary N) is 1. The Labute approximate surface area is 79.5 Å². The SMILES string of the molecule is NC(=O)Nc1cc(C(=O)O)ccc1N. The molecule has 0 aliphatic rings. The van der Waals surface area contributed by atoms with Crippen LogP contribution < -0.4 is 16.8 Å². The third kappa shape index (κ3) is 2.13. The van der Waals surface area contributed by atoms with Crippen LogP contribution in [-0.4, -0.2) is 17.1 Å². The number of urea groups is 1. The van der Waals surface area contributed by atoms with Crippen molar-refractivity contribution in [2.75, 3.05) is 11.1 Å². The zero-order valence-electron chi connectivity index (χ0n) is 7.15. The number of hydrogen-bond donors (Lipinski definition) is 4. The van der Waals surface area contributed by atoms with Gasteiger partial charge in [-0.3, -0.25) is 0 Å². The number of carbonyl (C=O) groups excluding carboxylic acids is 1. The minimum absolute atomic E-state index is 0.0305. The van der Waals surface area contributed by atoms with Crippen molar-refractivity contribution in [2.24, 2.45) is 5.73 Å². The Morgan fingerprint density at radius 1 is 1.36 bits per heavy atom. The average Bonchev–Trinajstić information content (AvgIpc) is 2.07. The van der Waals surface area contributed by atoms with Crippen LogP contribution in [0.5, 0.6) is 0 Å². The van der Waals surface area contributed by atoms with Gasteiger partial charge in [-0.15, -0.1) is 0 Å². The van der Waals surface area contributed by atoms with Crippen LogP contribution in [0.15, 0.2) is 18.2 Å². The van der Waals surface area contributed by atoms with Gasteiger partial charge in [0.15, 0.2) is 0 Å². The molecule has 0 spiro atoms. The Morgan fingerprint density at radius 2 is 2.00 bits per heavy atom. The van der Waals surface area contributed by atoms with Gasteiger partial charge >= 0.3 is 12.0 Å². The molecule has 0 aliphatic heterocycles. The molecule has 0 aliphatic carbocycles. The molecule has 0 saturated heterocycles. The van der Waals surface area contributed by atoms with Crippen LogP contribution in [0.4, 0.5) is 16.2 Å². The van der Waals surface area contributed by atoms with E-state index < -0.39 is 12.0 Å². The first kappa shape index (κ1) is 9.85. The highest BCUT2D eigenvalue weighted by Crippen LogP contribution is 2.19. The number of rotatable bonds is 2. The first-order valence-corrected chi connectivity index (χ1v) is 3.70. The smallest absolute Gasteiger partial charge is 0.335 e. The van der Waals surface area contributed by atoms with E-state index in [9.17, 15) is 9.59 Å². The summed E-state index contributed by atoms with van der Waals surface area (Å²) in [4.78, 5) is 21.1. The van der Waals surface area contributed by atoms with Gasteiger partial charge in [0.05, 0.1) is 16.9 Å². The van der Waals surface area contributed by atoms with Crippen LogP contribution in [0.3, 0.4) is 0 Å². The number of anilines is 2. The topological polar surface area (TPSA) is 118 Å². The summed E-state index contributed by atoms with van der Waals surface area (Å²) in [5.74, 6) is -1.10. The molecular weight excluding hydrogens is 186 g/mol. The Balaban J connectivity index is 3.08. The van der Waals surface area contributed by atoms with Crippen LogP contribution in [0.25, 0.3) is 0 Å². The van der Waals surface area contributed by atoms with Crippen LogP contribution in [-0.2, 0) is 0 Å². The molecular formula is C8H9N3O3. The standard InChI is InChI=1S/C8H9N3O3/c9-5-2-1-4(7(12)13)3-6(5)11-8(10)14/h1-3H,9H2,(H,12,13)(H3,10,11,14).